The van der Waals surface area contributed by atoms with Crippen molar-refractivity contribution in [1.82, 2.24) is 0 Å². The van der Waals surface area contributed by atoms with Crippen molar-refractivity contribution in [3.05, 3.63) is 102 Å². The molecule has 0 unspecified atom stereocenters. The van der Waals surface area contributed by atoms with Crippen molar-refractivity contribution in [2.75, 3.05) is 0 Å². The van der Waals surface area contributed by atoms with Crippen LogP contribution >= 0.6 is 0 Å². The van der Waals surface area contributed by atoms with Gasteiger partial charge in [-0.2, -0.15) is 0 Å². The molecule has 0 aliphatic rings. The third-order valence-electron chi connectivity index (χ3n) is 5.13. The second-order valence-corrected chi connectivity index (χ2v) is 14.2. The van der Waals surface area contributed by atoms with E-state index in [1.54, 1.807) is 10.7 Å². The van der Waals surface area contributed by atoms with Crippen molar-refractivity contribution in [1.29, 1.82) is 0 Å². The third-order valence-corrected chi connectivity index (χ3v) is 12.9. The predicted octanol–water partition coefficient (Wildman–Crippen LogP) is 4.15. The molecular weight excluding hydrogens is 475 g/mol. The SMILES string of the molecule is C=CC(=O)O.CCc1cc[c]([Sn]([c]2ccc(CC)cc2)[c]2ccc(CC)cc2)cc1. The molecule has 155 valence electrons. The van der Waals surface area contributed by atoms with E-state index in [0.29, 0.717) is 0 Å². The van der Waals surface area contributed by atoms with E-state index in [0.717, 1.165) is 25.3 Å². The van der Waals surface area contributed by atoms with Crippen LogP contribution in [0, 0.1) is 0 Å². The maximum atomic E-state index is 9.25. The Balaban J connectivity index is 0.000000575. The Morgan fingerprint density at radius 1 is 0.700 bits per heavy atom. The number of aliphatic carboxylic acids is 1. The van der Waals surface area contributed by atoms with Gasteiger partial charge >= 0.3 is 166 Å². The summed E-state index contributed by atoms with van der Waals surface area (Å²) in [4.78, 5) is 9.25. The first-order valence-electron chi connectivity index (χ1n) is 10.5. The fourth-order valence-corrected chi connectivity index (χ4v) is 10.4. The molecule has 0 saturated heterocycles. The van der Waals surface area contributed by atoms with E-state index in [-0.39, 0.29) is 0 Å². The van der Waals surface area contributed by atoms with Crippen LogP contribution in [-0.2, 0) is 24.1 Å². The second kappa shape index (κ2) is 12.4. The van der Waals surface area contributed by atoms with Crippen LogP contribution in [0.4, 0.5) is 0 Å². The molecule has 0 amide bonds. The Bertz CT molecular complexity index is 813. The summed E-state index contributed by atoms with van der Waals surface area (Å²) < 4.78 is 4.69. The molecular formula is C27H31O2Sn. The predicted molar refractivity (Wildman–Crippen MR) is 130 cm³/mol. The van der Waals surface area contributed by atoms with E-state index >= 15 is 0 Å². The molecule has 3 aromatic rings. The molecule has 1 radical (unpaired) electrons. The minimum absolute atomic E-state index is 0.833. The van der Waals surface area contributed by atoms with Crippen molar-refractivity contribution < 1.29 is 9.90 Å². The van der Waals surface area contributed by atoms with Crippen LogP contribution in [0.15, 0.2) is 85.5 Å². The minimum atomic E-state index is -2.11. The van der Waals surface area contributed by atoms with E-state index in [4.69, 9.17) is 5.11 Å². The average Bonchev–Trinajstić information content (AvgIpc) is 2.81. The topological polar surface area (TPSA) is 37.3 Å². The summed E-state index contributed by atoms with van der Waals surface area (Å²) in [6.45, 7) is 9.63. The van der Waals surface area contributed by atoms with Crippen molar-refractivity contribution in [2.45, 2.75) is 40.0 Å². The molecule has 0 atom stereocenters. The summed E-state index contributed by atoms with van der Waals surface area (Å²) in [6, 6.07) is 28.2. The van der Waals surface area contributed by atoms with E-state index in [1.807, 2.05) is 0 Å². The average molecular weight is 506 g/mol. The normalized spacial score (nSPS) is 10.3. The fraction of sp³-hybridized carbons (Fsp3) is 0.222. The maximum absolute atomic E-state index is 9.25. The molecule has 3 rings (SSSR count). The molecule has 0 bridgehead atoms. The molecule has 2 nitrogen and oxygen atoms in total. The second-order valence-electron chi connectivity index (χ2n) is 7.07. The number of aryl methyl sites for hydroxylation is 3. The van der Waals surface area contributed by atoms with Crippen molar-refractivity contribution in [3.63, 3.8) is 0 Å². The number of hydrogen-bond donors (Lipinski definition) is 1. The van der Waals surface area contributed by atoms with E-state index < -0.39 is 25.7 Å². The molecule has 0 aliphatic carbocycles. The summed E-state index contributed by atoms with van der Waals surface area (Å²) in [5.74, 6) is -0.981. The van der Waals surface area contributed by atoms with Gasteiger partial charge < -0.3 is 5.11 Å². The van der Waals surface area contributed by atoms with Gasteiger partial charge in [-0.1, -0.05) is 6.58 Å². The fourth-order valence-electron chi connectivity index (χ4n) is 3.22. The van der Waals surface area contributed by atoms with Crippen molar-refractivity contribution in [2.24, 2.45) is 0 Å². The van der Waals surface area contributed by atoms with Gasteiger partial charge in [0.15, 0.2) is 0 Å². The van der Waals surface area contributed by atoms with Gasteiger partial charge in [-0.05, 0) is 0 Å². The molecule has 0 aliphatic heterocycles. The van der Waals surface area contributed by atoms with Gasteiger partial charge in [0.1, 0.15) is 0 Å². The van der Waals surface area contributed by atoms with Crippen LogP contribution in [-0.4, -0.2) is 30.8 Å². The molecule has 0 heterocycles. The molecule has 1 N–H and O–H groups in total. The third kappa shape index (κ3) is 6.87. The van der Waals surface area contributed by atoms with Crippen LogP contribution in [0.1, 0.15) is 37.5 Å². The van der Waals surface area contributed by atoms with Gasteiger partial charge in [0, 0.05) is 6.08 Å². The van der Waals surface area contributed by atoms with Crippen molar-refractivity contribution >= 4 is 36.5 Å². The number of rotatable bonds is 7. The van der Waals surface area contributed by atoms with Crippen LogP contribution in [0.2, 0.25) is 0 Å². The summed E-state index contributed by atoms with van der Waals surface area (Å²) in [6.07, 6.45) is 4.15. The first-order valence-corrected chi connectivity index (χ1v) is 14.8. The molecule has 3 heteroatoms. The molecule has 0 spiro atoms. The van der Waals surface area contributed by atoms with E-state index in [1.165, 1.54) is 16.7 Å². The Morgan fingerprint density at radius 3 is 1.10 bits per heavy atom. The van der Waals surface area contributed by atoms with E-state index in [2.05, 4.69) is 100 Å². The van der Waals surface area contributed by atoms with Crippen LogP contribution in [0.3, 0.4) is 0 Å². The summed E-state index contributed by atoms with van der Waals surface area (Å²) in [7, 11) is 0. The Kier molecular flexibility index (Phi) is 9.88. The molecule has 0 fully saturated rings. The quantitative estimate of drug-likeness (QED) is 0.387. The zero-order valence-electron chi connectivity index (χ0n) is 18.2. The van der Waals surface area contributed by atoms with Gasteiger partial charge in [0.2, 0.25) is 0 Å². The van der Waals surface area contributed by atoms with Gasteiger partial charge in [0.05, 0.1) is 0 Å². The number of hydrogen-bond acceptors (Lipinski definition) is 1. The Labute approximate surface area is 188 Å². The molecule has 30 heavy (non-hydrogen) atoms. The summed E-state index contributed by atoms with van der Waals surface area (Å²) in [5.41, 5.74) is 4.28. The van der Waals surface area contributed by atoms with Crippen LogP contribution < -0.4 is 10.7 Å². The van der Waals surface area contributed by atoms with Gasteiger partial charge in [-0.25, -0.2) is 4.79 Å². The zero-order chi connectivity index (χ0) is 21.9. The van der Waals surface area contributed by atoms with Crippen molar-refractivity contribution in [3.8, 4) is 0 Å². The number of carboxylic acid groups (broad SMARTS) is 1. The number of carbonyl (C=O) groups is 1. The molecule has 0 aromatic heterocycles. The summed E-state index contributed by atoms with van der Waals surface area (Å²) in [5, 5.41) is 7.60. The molecule has 3 aromatic carbocycles. The zero-order valence-corrected chi connectivity index (χ0v) is 21.0. The molecule has 0 saturated carbocycles. The van der Waals surface area contributed by atoms with Crippen LogP contribution in [0.5, 0.6) is 0 Å². The van der Waals surface area contributed by atoms with E-state index in [9.17, 15) is 4.79 Å². The first kappa shape index (κ1) is 23.9. The van der Waals surface area contributed by atoms with Gasteiger partial charge in [0.25, 0.3) is 0 Å². The monoisotopic (exact) mass is 507 g/mol. The van der Waals surface area contributed by atoms with Gasteiger partial charge in [-0.15, -0.1) is 0 Å². The van der Waals surface area contributed by atoms with Gasteiger partial charge in [-0.3, -0.25) is 0 Å². The Morgan fingerprint density at radius 2 is 0.933 bits per heavy atom. The Hall–Kier alpha value is -2.33. The standard InChI is InChI=1S/3C8H9.C3H4O2.Sn/c3*1-2-8-6-4-3-5-7-8;1-2-3(4)5;/h3*4-7H,2H2,1H3;2H,1H2,(H,4,5);. The van der Waals surface area contributed by atoms with Crippen LogP contribution in [0.25, 0.3) is 0 Å². The summed E-state index contributed by atoms with van der Waals surface area (Å²) >= 11 is -2.11. The number of benzene rings is 3. The number of carboxylic acids is 1. The first-order chi connectivity index (χ1) is 14.5.